The molecule has 0 unspecified atom stereocenters. The maximum Gasteiger partial charge on any atom is 0.305 e. The molecule has 0 saturated heterocycles. The topological polar surface area (TPSA) is 43.4 Å². The molecule has 0 radical (unpaired) electrons. The van der Waals surface area contributed by atoms with E-state index in [4.69, 9.17) is 0 Å². The van der Waals surface area contributed by atoms with Crippen LogP contribution >= 0.6 is 0 Å². The van der Waals surface area contributed by atoms with Crippen LogP contribution in [0, 0.1) is 6.92 Å². The summed E-state index contributed by atoms with van der Waals surface area (Å²) in [7, 11) is 1.35. The summed E-state index contributed by atoms with van der Waals surface area (Å²) in [5.41, 5.74) is 1.78. The van der Waals surface area contributed by atoms with Gasteiger partial charge in [-0.2, -0.15) is 0 Å². The van der Waals surface area contributed by atoms with Crippen molar-refractivity contribution in [3.8, 4) is 0 Å². The molecule has 0 bridgehead atoms. The minimum atomic E-state index is -0.267. The molecular weight excluding hydrogens is 204 g/mol. The third kappa shape index (κ3) is 3.85. The Balaban J connectivity index is 2.44. The summed E-state index contributed by atoms with van der Waals surface area (Å²) in [6.45, 7) is 1.95. The summed E-state index contributed by atoms with van der Waals surface area (Å²) in [4.78, 5) is 22.6. The zero-order valence-electron chi connectivity index (χ0n) is 9.66. The molecule has 0 heterocycles. The highest BCUT2D eigenvalue weighted by Crippen LogP contribution is 2.09. The zero-order valence-corrected chi connectivity index (χ0v) is 9.66. The van der Waals surface area contributed by atoms with Gasteiger partial charge in [-0.1, -0.05) is 23.8 Å². The standard InChI is InChI=1S/C13H16O3/c1-10-5-3-6-11(9-10)12(14)7-4-8-13(15)16-2/h3,5-6,9H,4,7-8H2,1-2H3. The van der Waals surface area contributed by atoms with Gasteiger partial charge in [-0.05, 0) is 19.4 Å². The van der Waals surface area contributed by atoms with E-state index in [1.54, 1.807) is 6.07 Å². The Morgan fingerprint density at radius 1 is 1.25 bits per heavy atom. The summed E-state index contributed by atoms with van der Waals surface area (Å²) in [5.74, 6) is -0.190. The van der Waals surface area contributed by atoms with Crippen LogP contribution in [-0.2, 0) is 9.53 Å². The predicted octanol–water partition coefficient (Wildman–Crippen LogP) is 2.52. The Bertz CT molecular complexity index is 383. The fraction of sp³-hybridized carbons (Fsp3) is 0.385. The summed E-state index contributed by atoms with van der Waals surface area (Å²) >= 11 is 0. The molecule has 0 fully saturated rings. The third-order valence-electron chi connectivity index (χ3n) is 2.35. The van der Waals surface area contributed by atoms with Crippen LogP contribution in [-0.4, -0.2) is 18.9 Å². The normalized spacial score (nSPS) is 9.88. The van der Waals surface area contributed by atoms with E-state index >= 15 is 0 Å². The molecule has 0 atom stereocenters. The van der Waals surface area contributed by atoms with Crippen molar-refractivity contribution < 1.29 is 14.3 Å². The Labute approximate surface area is 95.4 Å². The maximum atomic E-state index is 11.7. The number of rotatable bonds is 5. The first-order chi connectivity index (χ1) is 7.63. The lowest BCUT2D eigenvalue weighted by Gasteiger charge is -2.01. The van der Waals surface area contributed by atoms with E-state index in [1.807, 2.05) is 25.1 Å². The number of aryl methyl sites for hydroxylation is 1. The number of hydrogen-bond acceptors (Lipinski definition) is 3. The quantitative estimate of drug-likeness (QED) is 0.565. The molecule has 0 N–H and O–H groups in total. The van der Waals surface area contributed by atoms with Gasteiger partial charge in [-0.15, -0.1) is 0 Å². The second-order valence-corrected chi connectivity index (χ2v) is 3.72. The molecule has 0 amide bonds. The third-order valence-corrected chi connectivity index (χ3v) is 2.35. The van der Waals surface area contributed by atoms with Crippen molar-refractivity contribution in [3.05, 3.63) is 35.4 Å². The van der Waals surface area contributed by atoms with Crippen molar-refractivity contribution in [3.63, 3.8) is 0 Å². The molecule has 86 valence electrons. The van der Waals surface area contributed by atoms with Crippen molar-refractivity contribution in [1.82, 2.24) is 0 Å². The minimum Gasteiger partial charge on any atom is -0.469 e. The number of Topliss-reactive ketones (excluding diaryl/α,β-unsaturated/α-hetero) is 1. The maximum absolute atomic E-state index is 11.7. The van der Waals surface area contributed by atoms with Gasteiger partial charge in [0, 0.05) is 18.4 Å². The van der Waals surface area contributed by atoms with Gasteiger partial charge in [0.2, 0.25) is 0 Å². The number of methoxy groups -OCH3 is 1. The van der Waals surface area contributed by atoms with Crippen LogP contribution in [0.4, 0.5) is 0 Å². The van der Waals surface area contributed by atoms with Crippen LogP contribution in [0.15, 0.2) is 24.3 Å². The van der Waals surface area contributed by atoms with Gasteiger partial charge in [-0.25, -0.2) is 0 Å². The van der Waals surface area contributed by atoms with Crippen molar-refractivity contribution >= 4 is 11.8 Å². The Morgan fingerprint density at radius 3 is 2.62 bits per heavy atom. The van der Waals surface area contributed by atoms with Gasteiger partial charge < -0.3 is 4.74 Å². The number of ketones is 1. The Morgan fingerprint density at radius 2 is 2.00 bits per heavy atom. The molecule has 1 aromatic carbocycles. The van der Waals surface area contributed by atoms with E-state index in [2.05, 4.69) is 4.74 Å². The molecule has 1 rings (SSSR count). The smallest absolute Gasteiger partial charge is 0.305 e. The predicted molar refractivity (Wildman–Crippen MR) is 61.4 cm³/mol. The highest BCUT2D eigenvalue weighted by Gasteiger charge is 2.07. The first kappa shape index (κ1) is 12.4. The first-order valence-corrected chi connectivity index (χ1v) is 5.30. The van der Waals surface area contributed by atoms with Crippen molar-refractivity contribution in [1.29, 1.82) is 0 Å². The summed E-state index contributed by atoms with van der Waals surface area (Å²) < 4.78 is 4.51. The van der Waals surface area contributed by atoms with E-state index in [-0.39, 0.29) is 11.8 Å². The molecule has 1 aromatic rings. The van der Waals surface area contributed by atoms with Crippen LogP contribution in [0.1, 0.15) is 35.2 Å². The second kappa shape index (κ2) is 6.05. The number of ether oxygens (including phenoxy) is 1. The van der Waals surface area contributed by atoms with E-state index in [1.165, 1.54) is 7.11 Å². The average molecular weight is 220 g/mol. The molecule has 0 spiro atoms. The van der Waals surface area contributed by atoms with Gasteiger partial charge in [0.05, 0.1) is 7.11 Å². The highest BCUT2D eigenvalue weighted by atomic mass is 16.5. The largest absolute Gasteiger partial charge is 0.469 e. The number of carbonyl (C=O) groups is 2. The lowest BCUT2D eigenvalue weighted by molar-refractivity contribution is -0.140. The van der Waals surface area contributed by atoms with Gasteiger partial charge in [0.1, 0.15) is 0 Å². The monoisotopic (exact) mass is 220 g/mol. The number of esters is 1. The zero-order chi connectivity index (χ0) is 12.0. The van der Waals surface area contributed by atoms with E-state index < -0.39 is 0 Å². The Kier molecular flexibility index (Phi) is 4.70. The van der Waals surface area contributed by atoms with Crippen LogP contribution in [0.2, 0.25) is 0 Å². The van der Waals surface area contributed by atoms with E-state index in [9.17, 15) is 9.59 Å². The van der Waals surface area contributed by atoms with Gasteiger partial charge in [0.15, 0.2) is 5.78 Å². The minimum absolute atomic E-state index is 0.0765. The molecule has 0 aliphatic heterocycles. The molecule has 3 heteroatoms. The van der Waals surface area contributed by atoms with Crippen LogP contribution in [0.25, 0.3) is 0 Å². The van der Waals surface area contributed by atoms with Crippen LogP contribution in [0.3, 0.4) is 0 Å². The van der Waals surface area contributed by atoms with Crippen LogP contribution < -0.4 is 0 Å². The van der Waals surface area contributed by atoms with Gasteiger partial charge in [0.25, 0.3) is 0 Å². The fourth-order valence-electron chi connectivity index (χ4n) is 1.46. The van der Waals surface area contributed by atoms with Crippen molar-refractivity contribution in [2.45, 2.75) is 26.2 Å². The van der Waals surface area contributed by atoms with Crippen molar-refractivity contribution in [2.24, 2.45) is 0 Å². The SMILES string of the molecule is COC(=O)CCCC(=O)c1cccc(C)c1. The summed E-state index contributed by atoms with van der Waals surface area (Å²) in [5, 5.41) is 0. The highest BCUT2D eigenvalue weighted by molar-refractivity contribution is 5.96. The molecular formula is C13H16O3. The second-order valence-electron chi connectivity index (χ2n) is 3.72. The number of carbonyl (C=O) groups excluding carboxylic acids is 2. The lowest BCUT2D eigenvalue weighted by Crippen LogP contribution is -2.03. The molecule has 16 heavy (non-hydrogen) atoms. The van der Waals surface area contributed by atoms with Gasteiger partial charge >= 0.3 is 5.97 Å². The summed E-state index contributed by atoms with van der Waals surface area (Å²) in [6, 6.07) is 7.47. The Hall–Kier alpha value is -1.64. The van der Waals surface area contributed by atoms with Gasteiger partial charge in [-0.3, -0.25) is 9.59 Å². The molecule has 3 nitrogen and oxygen atoms in total. The van der Waals surface area contributed by atoms with E-state index in [0.717, 1.165) is 5.56 Å². The summed E-state index contributed by atoms with van der Waals surface area (Å²) in [6.07, 6.45) is 1.23. The number of hydrogen-bond donors (Lipinski definition) is 0. The molecule has 0 aliphatic carbocycles. The first-order valence-electron chi connectivity index (χ1n) is 5.30. The van der Waals surface area contributed by atoms with E-state index in [0.29, 0.717) is 24.8 Å². The fourth-order valence-corrected chi connectivity index (χ4v) is 1.46. The van der Waals surface area contributed by atoms with Crippen LogP contribution in [0.5, 0.6) is 0 Å². The molecule has 0 aliphatic rings. The molecule has 0 aromatic heterocycles. The molecule has 0 saturated carbocycles. The van der Waals surface area contributed by atoms with Crippen molar-refractivity contribution in [2.75, 3.05) is 7.11 Å². The average Bonchev–Trinajstić information content (AvgIpc) is 2.28. The number of benzene rings is 1. The lowest BCUT2D eigenvalue weighted by atomic mass is 10.0.